The molecule has 15 heavy (non-hydrogen) atoms. The molecular formula is C13H16Mg2. The first-order chi connectivity index (χ1) is 6.45. The van der Waals surface area contributed by atoms with Crippen molar-refractivity contribution in [2.75, 3.05) is 0 Å². The van der Waals surface area contributed by atoms with Gasteiger partial charge in [-0.2, -0.15) is 0 Å². The zero-order chi connectivity index (χ0) is 8.93. The minimum absolute atomic E-state index is 0. The molecule has 0 fully saturated rings. The molecular weight excluding hydrogens is 205 g/mol. The zero-order valence-corrected chi connectivity index (χ0v) is 7.48. The molecule has 72 valence electrons. The lowest BCUT2D eigenvalue weighted by molar-refractivity contribution is 1.19. The van der Waals surface area contributed by atoms with Crippen LogP contribution in [0.1, 0.15) is 11.1 Å². The van der Waals surface area contributed by atoms with Gasteiger partial charge in [-0.15, -0.1) is 0 Å². The molecule has 0 unspecified atom stereocenters. The summed E-state index contributed by atoms with van der Waals surface area (Å²) in [6.45, 7) is 0. The summed E-state index contributed by atoms with van der Waals surface area (Å²) in [5, 5.41) is 0. The Kier molecular flexibility index (Phi) is 8.15. The molecule has 0 saturated heterocycles. The van der Waals surface area contributed by atoms with Crippen LogP contribution < -0.4 is 0 Å². The monoisotopic (exact) mass is 220 g/mol. The predicted octanol–water partition coefficient (Wildman–Crippen LogP) is 1.45. The summed E-state index contributed by atoms with van der Waals surface area (Å²) < 4.78 is 0. The maximum atomic E-state index is 2.16. The SMILES string of the molecule is [MgH2].[MgH2].c1ccc(Cc2ccccc2)cc1. The molecule has 0 aliphatic rings. The Hall–Kier alpha value is -0.0275. The maximum Gasteiger partial charge on any atom is 0.316 e. The molecule has 0 saturated carbocycles. The van der Waals surface area contributed by atoms with Crippen molar-refractivity contribution in [3.63, 3.8) is 0 Å². The van der Waals surface area contributed by atoms with Crippen LogP contribution in [0.5, 0.6) is 0 Å². The highest BCUT2D eigenvalue weighted by Gasteiger charge is 1.92. The first-order valence-electron chi connectivity index (χ1n) is 4.53. The van der Waals surface area contributed by atoms with E-state index in [4.69, 9.17) is 0 Å². The van der Waals surface area contributed by atoms with E-state index in [9.17, 15) is 0 Å². The van der Waals surface area contributed by atoms with Crippen molar-refractivity contribution in [1.82, 2.24) is 0 Å². The van der Waals surface area contributed by atoms with Crippen molar-refractivity contribution >= 4 is 46.1 Å². The van der Waals surface area contributed by atoms with Crippen LogP contribution >= 0.6 is 0 Å². The van der Waals surface area contributed by atoms with Crippen LogP contribution in [0, 0.1) is 0 Å². The van der Waals surface area contributed by atoms with Gasteiger partial charge >= 0.3 is 46.1 Å². The highest BCUT2D eigenvalue weighted by molar-refractivity contribution is 5.76. The minimum Gasteiger partial charge on any atom is -0.0622 e. The second-order valence-electron chi connectivity index (χ2n) is 3.15. The average Bonchev–Trinajstić information content (AvgIpc) is 2.21. The second kappa shape index (κ2) is 8.16. The maximum absolute atomic E-state index is 2.16. The average molecular weight is 221 g/mol. The van der Waals surface area contributed by atoms with Gasteiger partial charge in [-0.25, -0.2) is 0 Å². The zero-order valence-electron chi connectivity index (χ0n) is 7.48. The molecule has 0 spiro atoms. The molecule has 0 nitrogen and oxygen atoms in total. The largest absolute Gasteiger partial charge is 0.316 e. The van der Waals surface area contributed by atoms with Gasteiger partial charge in [-0.1, -0.05) is 60.7 Å². The Bertz CT molecular complexity index is 319. The molecule has 0 aromatic heterocycles. The Morgan fingerprint density at radius 3 is 1.20 bits per heavy atom. The van der Waals surface area contributed by atoms with Gasteiger partial charge in [-0.05, 0) is 17.5 Å². The molecule has 0 aliphatic heterocycles. The van der Waals surface area contributed by atoms with E-state index in [1.165, 1.54) is 11.1 Å². The Morgan fingerprint density at radius 2 is 0.867 bits per heavy atom. The first-order valence-corrected chi connectivity index (χ1v) is 4.53. The molecule has 0 N–H and O–H groups in total. The summed E-state index contributed by atoms with van der Waals surface area (Å²) >= 11 is 0. The fraction of sp³-hybridized carbons (Fsp3) is 0.0769. The smallest absolute Gasteiger partial charge is 0.0622 e. The summed E-state index contributed by atoms with van der Waals surface area (Å²) in [6.07, 6.45) is 1.03. The van der Waals surface area contributed by atoms with Crippen molar-refractivity contribution in [2.24, 2.45) is 0 Å². The molecule has 2 rings (SSSR count). The third kappa shape index (κ3) is 5.02. The van der Waals surface area contributed by atoms with E-state index in [1.54, 1.807) is 0 Å². The van der Waals surface area contributed by atoms with Crippen molar-refractivity contribution in [3.05, 3.63) is 71.8 Å². The van der Waals surface area contributed by atoms with Crippen LogP contribution in [0.25, 0.3) is 0 Å². The van der Waals surface area contributed by atoms with Gasteiger partial charge < -0.3 is 0 Å². The lowest BCUT2D eigenvalue weighted by atomic mass is 10.1. The molecule has 2 aromatic rings. The van der Waals surface area contributed by atoms with E-state index in [0.717, 1.165) is 6.42 Å². The van der Waals surface area contributed by atoms with Crippen molar-refractivity contribution < 1.29 is 0 Å². The number of hydrogen-bond acceptors (Lipinski definition) is 0. The van der Waals surface area contributed by atoms with Gasteiger partial charge in [0.15, 0.2) is 0 Å². The molecule has 2 aromatic carbocycles. The van der Waals surface area contributed by atoms with Crippen LogP contribution in [-0.2, 0) is 6.42 Å². The second-order valence-corrected chi connectivity index (χ2v) is 3.15. The highest BCUT2D eigenvalue weighted by Crippen LogP contribution is 2.07. The molecule has 0 bridgehead atoms. The summed E-state index contributed by atoms with van der Waals surface area (Å²) in [6, 6.07) is 21.1. The lowest BCUT2D eigenvalue weighted by Gasteiger charge is -2.00. The van der Waals surface area contributed by atoms with Crippen LogP contribution in [0.3, 0.4) is 0 Å². The summed E-state index contributed by atoms with van der Waals surface area (Å²) in [7, 11) is 0. The normalized spacial score (nSPS) is 8.53. The van der Waals surface area contributed by atoms with Gasteiger partial charge in [0, 0.05) is 0 Å². The van der Waals surface area contributed by atoms with Crippen LogP contribution in [0.4, 0.5) is 0 Å². The van der Waals surface area contributed by atoms with E-state index >= 15 is 0 Å². The molecule has 0 radical (unpaired) electrons. The van der Waals surface area contributed by atoms with E-state index in [2.05, 4.69) is 60.7 Å². The van der Waals surface area contributed by atoms with E-state index in [-0.39, 0.29) is 46.1 Å². The third-order valence-corrected chi connectivity index (χ3v) is 2.09. The Labute approximate surface area is 123 Å². The summed E-state index contributed by atoms with van der Waals surface area (Å²) in [5.74, 6) is 0. The van der Waals surface area contributed by atoms with Crippen molar-refractivity contribution in [2.45, 2.75) is 6.42 Å². The van der Waals surface area contributed by atoms with Gasteiger partial charge in [0.25, 0.3) is 0 Å². The van der Waals surface area contributed by atoms with Crippen molar-refractivity contribution in [3.8, 4) is 0 Å². The lowest BCUT2D eigenvalue weighted by Crippen LogP contribution is -1.85. The van der Waals surface area contributed by atoms with E-state index in [0.29, 0.717) is 0 Å². The molecule has 2 heteroatoms. The van der Waals surface area contributed by atoms with Crippen LogP contribution in [-0.4, -0.2) is 46.1 Å². The molecule has 0 aliphatic carbocycles. The predicted molar refractivity (Wildman–Crippen MR) is 72.8 cm³/mol. The minimum atomic E-state index is 0. The number of rotatable bonds is 2. The van der Waals surface area contributed by atoms with E-state index in [1.807, 2.05) is 0 Å². The molecule has 0 heterocycles. The molecule has 0 atom stereocenters. The fourth-order valence-electron chi connectivity index (χ4n) is 1.43. The van der Waals surface area contributed by atoms with Gasteiger partial charge in [0.1, 0.15) is 0 Å². The topological polar surface area (TPSA) is 0 Å². The van der Waals surface area contributed by atoms with Crippen molar-refractivity contribution in [1.29, 1.82) is 0 Å². The third-order valence-electron chi connectivity index (χ3n) is 2.09. The highest BCUT2D eigenvalue weighted by atomic mass is 24.3. The quantitative estimate of drug-likeness (QED) is 0.673. The standard InChI is InChI=1S/C13H12.2Mg.4H/c1-3-7-12(8-4-1)11-13-9-5-2-6-10-13;;;;;;/h1-10H,11H2;;;;;;. The summed E-state index contributed by atoms with van der Waals surface area (Å²) in [5.41, 5.74) is 2.74. The molecule has 0 amide bonds. The number of benzene rings is 2. The van der Waals surface area contributed by atoms with Gasteiger partial charge in [0.2, 0.25) is 0 Å². The first kappa shape index (κ1) is 15.0. The Balaban J connectivity index is 0.000000980. The van der Waals surface area contributed by atoms with Gasteiger partial charge in [0.05, 0.1) is 0 Å². The summed E-state index contributed by atoms with van der Waals surface area (Å²) in [4.78, 5) is 0. The Morgan fingerprint density at radius 1 is 0.533 bits per heavy atom. The fourth-order valence-corrected chi connectivity index (χ4v) is 1.43. The van der Waals surface area contributed by atoms with Crippen LogP contribution in [0.2, 0.25) is 0 Å². The van der Waals surface area contributed by atoms with Crippen LogP contribution in [0.15, 0.2) is 60.7 Å². The van der Waals surface area contributed by atoms with Gasteiger partial charge in [-0.3, -0.25) is 0 Å². The van der Waals surface area contributed by atoms with E-state index < -0.39 is 0 Å². The number of hydrogen-bond donors (Lipinski definition) is 0.